The Labute approximate surface area is 148 Å². The summed E-state index contributed by atoms with van der Waals surface area (Å²) in [5.41, 5.74) is 4.44. The zero-order valence-electron chi connectivity index (χ0n) is 14.8. The van der Waals surface area contributed by atoms with Crippen LogP contribution in [0.5, 0.6) is 0 Å². The summed E-state index contributed by atoms with van der Waals surface area (Å²) in [5, 5.41) is 0. The molecule has 0 aliphatic carbocycles. The number of benzene rings is 2. The highest BCUT2D eigenvalue weighted by Gasteiger charge is 2.34. The largest absolute Gasteiger partial charge is 0.328 e. The van der Waals surface area contributed by atoms with Gasteiger partial charge < -0.3 is 9.47 Å². The Hall–Kier alpha value is -2.62. The molecule has 1 fully saturated rings. The highest BCUT2D eigenvalue weighted by molar-refractivity contribution is 5.96. The summed E-state index contributed by atoms with van der Waals surface area (Å²) in [7, 11) is 0. The topological polar surface area (TPSA) is 38.1 Å². The second-order valence-corrected chi connectivity index (χ2v) is 6.63. The molecule has 2 aromatic carbocycles. The van der Waals surface area contributed by atoms with E-state index in [9.17, 15) is 4.79 Å². The zero-order chi connectivity index (χ0) is 17.4. The van der Waals surface area contributed by atoms with Crippen LogP contribution >= 0.6 is 0 Å². The minimum atomic E-state index is 0.144. The van der Waals surface area contributed by atoms with Crippen LogP contribution in [0.1, 0.15) is 37.6 Å². The van der Waals surface area contributed by atoms with Gasteiger partial charge in [0.1, 0.15) is 5.82 Å². The lowest BCUT2D eigenvalue weighted by atomic mass is 10.1. The first-order valence-electron chi connectivity index (χ1n) is 9.05. The van der Waals surface area contributed by atoms with Crippen LogP contribution in [0, 0.1) is 0 Å². The van der Waals surface area contributed by atoms with Crippen molar-refractivity contribution < 1.29 is 4.79 Å². The molecule has 25 heavy (non-hydrogen) atoms. The van der Waals surface area contributed by atoms with Gasteiger partial charge in [-0.3, -0.25) is 4.79 Å². The maximum absolute atomic E-state index is 12.6. The van der Waals surface area contributed by atoms with Crippen molar-refractivity contribution in [2.24, 2.45) is 0 Å². The Morgan fingerprint density at radius 1 is 1.08 bits per heavy atom. The third kappa shape index (κ3) is 2.72. The lowest BCUT2D eigenvalue weighted by Gasteiger charge is -2.17. The number of hydrogen-bond donors (Lipinski definition) is 0. The fourth-order valence-electron chi connectivity index (χ4n) is 3.78. The maximum atomic E-state index is 12.6. The first-order valence-corrected chi connectivity index (χ1v) is 9.05. The Kier molecular flexibility index (Phi) is 4.04. The molecule has 1 saturated heterocycles. The second-order valence-electron chi connectivity index (χ2n) is 6.63. The van der Waals surface area contributed by atoms with Gasteiger partial charge in [-0.15, -0.1) is 0 Å². The summed E-state index contributed by atoms with van der Waals surface area (Å²) in [5.74, 6) is 1.36. The molecule has 4 nitrogen and oxygen atoms in total. The molecule has 0 unspecified atom stereocenters. The maximum Gasteiger partial charge on any atom is 0.227 e. The fourth-order valence-corrected chi connectivity index (χ4v) is 3.78. The van der Waals surface area contributed by atoms with Gasteiger partial charge in [-0.2, -0.15) is 0 Å². The van der Waals surface area contributed by atoms with E-state index in [1.807, 2.05) is 23.1 Å². The van der Waals surface area contributed by atoms with Crippen LogP contribution in [0.4, 0.5) is 5.69 Å². The lowest BCUT2D eigenvalue weighted by Crippen LogP contribution is -2.24. The van der Waals surface area contributed by atoms with Gasteiger partial charge in [0.15, 0.2) is 0 Å². The summed E-state index contributed by atoms with van der Waals surface area (Å²) < 4.78 is 2.25. The molecule has 128 valence electrons. The van der Waals surface area contributed by atoms with E-state index in [1.165, 1.54) is 5.56 Å². The number of fused-ring (bicyclic) bond motifs is 1. The van der Waals surface area contributed by atoms with E-state index in [1.54, 1.807) is 0 Å². The van der Waals surface area contributed by atoms with Crippen molar-refractivity contribution in [2.45, 2.75) is 39.2 Å². The Morgan fingerprint density at radius 3 is 2.56 bits per heavy atom. The van der Waals surface area contributed by atoms with Gasteiger partial charge in [-0.1, -0.05) is 31.2 Å². The quantitative estimate of drug-likeness (QED) is 0.720. The monoisotopic (exact) mass is 333 g/mol. The summed E-state index contributed by atoms with van der Waals surface area (Å²) in [6.45, 7) is 5.84. The molecule has 0 spiro atoms. The van der Waals surface area contributed by atoms with Crippen molar-refractivity contribution in [1.82, 2.24) is 9.55 Å². The summed E-state index contributed by atoms with van der Waals surface area (Å²) in [4.78, 5) is 19.4. The number of aryl methyl sites for hydroxylation is 2. The van der Waals surface area contributed by atoms with E-state index < -0.39 is 0 Å². The number of carbonyl (C=O) groups excluding carboxylic acids is 1. The number of para-hydroxylation sites is 2. The standard InChI is InChI=1S/C21H23N3O/c1-3-15-9-11-17(12-10-15)24-14-16(13-20(24)25)21-22-18-7-5-6-8-19(18)23(21)4-2/h5-12,16H,3-4,13-14H2,1-2H3/t16-/m0/s1. The van der Waals surface area contributed by atoms with Crippen LogP contribution in [0.25, 0.3) is 11.0 Å². The molecule has 0 N–H and O–H groups in total. The van der Waals surface area contributed by atoms with E-state index in [4.69, 9.17) is 4.98 Å². The van der Waals surface area contributed by atoms with Crippen LogP contribution in [-0.2, 0) is 17.8 Å². The van der Waals surface area contributed by atoms with Crippen LogP contribution in [0.2, 0.25) is 0 Å². The van der Waals surface area contributed by atoms with Crippen molar-refractivity contribution in [3.63, 3.8) is 0 Å². The van der Waals surface area contributed by atoms with E-state index in [2.05, 4.69) is 48.7 Å². The number of imidazole rings is 1. The van der Waals surface area contributed by atoms with Gasteiger partial charge in [-0.05, 0) is 43.2 Å². The average molecular weight is 333 g/mol. The molecule has 0 radical (unpaired) electrons. The number of hydrogen-bond acceptors (Lipinski definition) is 2. The molecule has 1 aromatic heterocycles. The summed E-state index contributed by atoms with van der Waals surface area (Å²) >= 11 is 0. The minimum absolute atomic E-state index is 0.144. The highest BCUT2D eigenvalue weighted by atomic mass is 16.2. The van der Waals surface area contributed by atoms with Crippen molar-refractivity contribution in [3.8, 4) is 0 Å². The van der Waals surface area contributed by atoms with E-state index >= 15 is 0 Å². The zero-order valence-corrected chi connectivity index (χ0v) is 14.8. The van der Waals surface area contributed by atoms with Crippen molar-refractivity contribution >= 4 is 22.6 Å². The number of rotatable bonds is 4. The predicted molar refractivity (Wildman–Crippen MR) is 101 cm³/mol. The van der Waals surface area contributed by atoms with Crippen molar-refractivity contribution in [2.75, 3.05) is 11.4 Å². The number of nitrogens with zero attached hydrogens (tertiary/aromatic N) is 3. The molecular formula is C21H23N3O. The molecule has 0 bridgehead atoms. The lowest BCUT2D eigenvalue weighted by molar-refractivity contribution is -0.117. The van der Waals surface area contributed by atoms with Gasteiger partial charge in [0.05, 0.1) is 11.0 Å². The van der Waals surface area contributed by atoms with E-state index in [0.29, 0.717) is 13.0 Å². The SMILES string of the molecule is CCc1ccc(N2C[C@@H](c3nc4ccccc4n3CC)CC2=O)cc1. The third-order valence-corrected chi connectivity index (χ3v) is 5.15. The molecule has 4 rings (SSSR count). The molecule has 2 heterocycles. The summed E-state index contributed by atoms with van der Waals surface area (Å²) in [6, 6.07) is 16.5. The van der Waals surface area contributed by atoms with Gasteiger partial charge in [0.25, 0.3) is 0 Å². The molecule has 3 aromatic rings. The average Bonchev–Trinajstić information content (AvgIpc) is 3.22. The predicted octanol–water partition coefficient (Wildman–Crippen LogP) is 4.14. The fraction of sp³-hybridized carbons (Fsp3) is 0.333. The molecule has 0 saturated carbocycles. The molecule has 4 heteroatoms. The van der Waals surface area contributed by atoms with Gasteiger partial charge in [0.2, 0.25) is 5.91 Å². The van der Waals surface area contributed by atoms with Crippen LogP contribution in [-0.4, -0.2) is 22.0 Å². The van der Waals surface area contributed by atoms with Gasteiger partial charge >= 0.3 is 0 Å². The van der Waals surface area contributed by atoms with Crippen LogP contribution in [0.15, 0.2) is 48.5 Å². The Balaban J connectivity index is 1.66. The Bertz CT molecular complexity index is 911. The molecule has 1 amide bonds. The van der Waals surface area contributed by atoms with Gasteiger partial charge in [0, 0.05) is 31.1 Å². The first-order chi connectivity index (χ1) is 12.2. The molecule has 1 atom stereocenters. The minimum Gasteiger partial charge on any atom is -0.328 e. The van der Waals surface area contributed by atoms with Crippen LogP contribution < -0.4 is 4.90 Å². The van der Waals surface area contributed by atoms with E-state index in [-0.39, 0.29) is 11.8 Å². The number of anilines is 1. The second kappa shape index (κ2) is 6.36. The van der Waals surface area contributed by atoms with Crippen molar-refractivity contribution in [3.05, 3.63) is 59.9 Å². The number of aromatic nitrogens is 2. The highest BCUT2D eigenvalue weighted by Crippen LogP contribution is 2.33. The number of amides is 1. The smallest absolute Gasteiger partial charge is 0.227 e. The third-order valence-electron chi connectivity index (χ3n) is 5.15. The van der Waals surface area contributed by atoms with Crippen LogP contribution in [0.3, 0.4) is 0 Å². The normalized spacial score (nSPS) is 17.6. The van der Waals surface area contributed by atoms with Gasteiger partial charge in [-0.25, -0.2) is 4.98 Å². The summed E-state index contributed by atoms with van der Waals surface area (Å²) in [6.07, 6.45) is 1.54. The van der Waals surface area contributed by atoms with Crippen molar-refractivity contribution in [1.29, 1.82) is 0 Å². The Morgan fingerprint density at radius 2 is 1.84 bits per heavy atom. The number of carbonyl (C=O) groups is 1. The molecular weight excluding hydrogens is 310 g/mol. The van der Waals surface area contributed by atoms with E-state index in [0.717, 1.165) is 35.5 Å². The molecule has 1 aliphatic heterocycles. The molecule has 1 aliphatic rings. The first kappa shape index (κ1) is 15.9.